The number of benzene rings is 1. The Balaban J connectivity index is 1.48. The quantitative estimate of drug-likeness (QED) is 0.313. The van der Waals surface area contributed by atoms with Crippen molar-refractivity contribution in [1.29, 1.82) is 5.41 Å². The molecular weight excluding hydrogens is 400 g/mol. The molecule has 166 valence electrons. The number of carboxylic acids is 1. The number of rotatable bonds is 9. The Bertz CT molecular complexity index is 893. The van der Waals surface area contributed by atoms with Crippen LogP contribution in [0.25, 0.3) is 0 Å². The first-order valence-corrected chi connectivity index (χ1v) is 10.2. The molecule has 2 aromatic rings. The molecule has 1 fully saturated rings. The lowest BCUT2D eigenvalue weighted by atomic mass is 10.0. The number of aromatic nitrogens is 3. The first-order chi connectivity index (χ1) is 14.9. The van der Waals surface area contributed by atoms with Gasteiger partial charge in [-0.15, -0.1) is 5.10 Å². The summed E-state index contributed by atoms with van der Waals surface area (Å²) < 4.78 is 1.46. The van der Waals surface area contributed by atoms with Gasteiger partial charge in [0.1, 0.15) is 6.54 Å². The van der Waals surface area contributed by atoms with E-state index >= 15 is 0 Å². The van der Waals surface area contributed by atoms with E-state index in [9.17, 15) is 9.59 Å². The minimum atomic E-state index is -0.985. The maximum atomic E-state index is 12.4. The van der Waals surface area contributed by atoms with Gasteiger partial charge in [0.15, 0.2) is 5.96 Å². The molecule has 1 amide bonds. The van der Waals surface area contributed by atoms with Crippen molar-refractivity contribution in [2.24, 2.45) is 5.73 Å². The van der Waals surface area contributed by atoms with Crippen LogP contribution in [0.15, 0.2) is 36.5 Å². The number of carbonyl (C=O) groups is 2. The summed E-state index contributed by atoms with van der Waals surface area (Å²) in [6.45, 7) is 3.92. The van der Waals surface area contributed by atoms with Crippen molar-refractivity contribution in [3.8, 4) is 0 Å². The highest BCUT2D eigenvalue weighted by Gasteiger charge is 2.19. The standard InChI is InChI=1S/C20H28N8O3/c21-20(22)27-10-8-26(9-11-27)7-6-16-13-28(25-24-16)14-18(29)23-17(12-19(30)31)15-4-2-1-3-5-15/h1-5,13,17H,6-12,14H2,(H3,21,22)(H,23,29)(H,30,31)/t17-/m1/s1. The fraction of sp³-hybridized carbons (Fsp3) is 0.450. The molecule has 0 spiro atoms. The molecule has 1 atom stereocenters. The van der Waals surface area contributed by atoms with E-state index in [1.165, 1.54) is 4.68 Å². The lowest BCUT2D eigenvalue weighted by Gasteiger charge is -2.34. The number of nitrogens with zero attached hydrogens (tertiary/aromatic N) is 5. The Labute approximate surface area is 180 Å². The van der Waals surface area contributed by atoms with Crippen LogP contribution in [-0.4, -0.2) is 80.5 Å². The Morgan fingerprint density at radius 1 is 1.19 bits per heavy atom. The number of amides is 1. The summed E-state index contributed by atoms with van der Waals surface area (Å²) in [6.07, 6.45) is 2.24. The van der Waals surface area contributed by atoms with Gasteiger partial charge in [-0.2, -0.15) is 0 Å². The third-order valence-electron chi connectivity index (χ3n) is 5.20. The first kappa shape index (κ1) is 22.2. The molecule has 1 aliphatic rings. The molecular formula is C20H28N8O3. The van der Waals surface area contributed by atoms with Gasteiger partial charge in [-0.3, -0.25) is 19.9 Å². The number of nitrogens with two attached hydrogens (primary N) is 1. The molecule has 31 heavy (non-hydrogen) atoms. The minimum absolute atomic E-state index is 0.0345. The van der Waals surface area contributed by atoms with E-state index in [0.717, 1.165) is 44.0 Å². The van der Waals surface area contributed by atoms with Crippen LogP contribution in [0.3, 0.4) is 0 Å². The summed E-state index contributed by atoms with van der Waals surface area (Å²) in [7, 11) is 0. The second-order valence-corrected chi connectivity index (χ2v) is 7.50. The Kier molecular flexibility index (Phi) is 7.55. The lowest BCUT2D eigenvalue weighted by molar-refractivity contribution is -0.137. The molecule has 0 bridgehead atoms. The largest absolute Gasteiger partial charge is 0.481 e. The van der Waals surface area contributed by atoms with Gasteiger partial charge >= 0.3 is 5.97 Å². The van der Waals surface area contributed by atoms with Gasteiger partial charge in [0, 0.05) is 45.3 Å². The van der Waals surface area contributed by atoms with Gasteiger partial charge in [-0.05, 0) is 5.56 Å². The molecule has 1 aliphatic heterocycles. The van der Waals surface area contributed by atoms with Crippen molar-refractivity contribution in [1.82, 2.24) is 30.1 Å². The highest BCUT2D eigenvalue weighted by Crippen LogP contribution is 2.16. The summed E-state index contributed by atoms with van der Waals surface area (Å²) in [5.74, 6) is -1.20. The molecule has 11 heteroatoms. The zero-order valence-electron chi connectivity index (χ0n) is 17.3. The van der Waals surface area contributed by atoms with E-state index in [2.05, 4.69) is 20.5 Å². The predicted molar refractivity (Wildman–Crippen MR) is 113 cm³/mol. The number of carboxylic acid groups (broad SMARTS) is 1. The second-order valence-electron chi connectivity index (χ2n) is 7.50. The number of carbonyl (C=O) groups excluding carboxylic acids is 1. The normalized spacial score (nSPS) is 15.4. The van der Waals surface area contributed by atoms with Gasteiger partial charge in [0.25, 0.3) is 0 Å². The maximum Gasteiger partial charge on any atom is 0.305 e. The minimum Gasteiger partial charge on any atom is -0.481 e. The zero-order valence-corrected chi connectivity index (χ0v) is 17.3. The zero-order chi connectivity index (χ0) is 22.2. The van der Waals surface area contributed by atoms with Gasteiger partial charge in [0.05, 0.1) is 18.2 Å². The van der Waals surface area contributed by atoms with Crippen LogP contribution < -0.4 is 11.1 Å². The van der Waals surface area contributed by atoms with Gasteiger partial charge in [0.2, 0.25) is 5.91 Å². The molecule has 0 radical (unpaired) electrons. The van der Waals surface area contributed by atoms with Crippen LogP contribution in [0.2, 0.25) is 0 Å². The summed E-state index contributed by atoms with van der Waals surface area (Å²) in [4.78, 5) is 27.7. The first-order valence-electron chi connectivity index (χ1n) is 10.2. The average Bonchev–Trinajstić information content (AvgIpc) is 3.19. The highest BCUT2D eigenvalue weighted by atomic mass is 16.4. The fourth-order valence-electron chi connectivity index (χ4n) is 3.51. The molecule has 0 aliphatic carbocycles. The molecule has 3 rings (SSSR count). The Morgan fingerprint density at radius 3 is 2.55 bits per heavy atom. The van der Waals surface area contributed by atoms with E-state index in [0.29, 0.717) is 6.42 Å². The Hall–Kier alpha value is -3.47. The van der Waals surface area contributed by atoms with Crippen LogP contribution >= 0.6 is 0 Å². The van der Waals surface area contributed by atoms with Crippen LogP contribution in [0, 0.1) is 5.41 Å². The van der Waals surface area contributed by atoms with E-state index in [-0.39, 0.29) is 24.8 Å². The van der Waals surface area contributed by atoms with Crippen molar-refractivity contribution in [2.45, 2.75) is 25.4 Å². The number of aliphatic carboxylic acids is 1. The summed E-state index contributed by atoms with van der Waals surface area (Å²) in [5.41, 5.74) is 7.04. The van der Waals surface area contributed by atoms with Gasteiger partial charge in [-0.25, -0.2) is 4.68 Å². The third kappa shape index (κ3) is 6.78. The molecule has 1 aromatic carbocycles. The summed E-state index contributed by atoms with van der Waals surface area (Å²) >= 11 is 0. The number of hydrogen-bond acceptors (Lipinski definition) is 6. The van der Waals surface area contributed by atoms with Gasteiger partial charge in [-0.1, -0.05) is 35.5 Å². The predicted octanol–water partition coefficient (Wildman–Crippen LogP) is -0.336. The van der Waals surface area contributed by atoms with Crippen LogP contribution in [0.1, 0.15) is 23.7 Å². The maximum absolute atomic E-state index is 12.4. The van der Waals surface area contributed by atoms with Crippen molar-refractivity contribution in [2.75, 3.05) is 32.7 Å². The molecule has 11 nitrogen and oxygen atoms in total. The van der Waals surface area contributed by atoms with Crippen LogP contribution in [-0.2, 0) is 22.6 Å². The van der Waals surface area contributed by atoms with Crippen molar-refractivity contribution in [3.63, 3.8) is 0 Å². The van der Waals surface area contributed by atoms with Crippen LogP contribution in [0.4, 0.5) is 0 Å². The smallest absolute Gasteiger partial charge is 0.305 e. The monoisotopic (exact) mass is 428 g/mol. The fourth-order valence-corrected chi connectivity index (χ4v) is 3.51. The van der Waals surface area contributed by atoms with Crippen molar-refractivity contribution in [3.05, 3.63) is 47.8 Å². The number of nitrogens with one attached hydrogen (secondary N) is 2. The van der Waals surface area contributed by atoms with Crippen molar-refractivity contribution >= 4 is 17.8 Å². The second kappa shape index (κ2) is 10.5. The molecule has 0 unspecified atom stereocenters. The molecule has 2 heterocycles. The number of guanidine groups is 1. The van der Waals surface area contributed by atoms with Gasteiger partial charge < -0.3 is 21.1 Å². The van der Waals surface area contributed by atoms with E-state index < -0.39 is 12.0 Å². The topological polar surface area (TPSA) is 153 Å². The highest BCUT2D eigenvalue weighted by molar-refractivity contribution is 5.77. The van der Waals surface area contributed by atoms with Crippen LogP contribution in [0.5, 0.6) is 0 Å². The van der Waals surface area contributed by atoms with Crippen molar-refractivity contribution < 1.29 is 14.7 Å². The summed E-state index contributed by atoms with van der Waals surface area (Å²) in [6, 6.07) is 8.42. The Morgan fingerprint density at radius 2 is 1.90 bits per heavy atom. The molecule has 1 saturated heterocycles. The lowest BCUT2D eigenvalue weighted by Crippen LogP contribution is -2.51. The number of piperazine rings is 1. The molecule has 1 aromatic heterocycles. The average molecular weight is 428 g/mol. The SMILES string of the molecule is N=C(N)N1CCN(CCc2cn(CC(=O)N[C@H](CC(=O)O)c3ccccc3)nn2)CC1. The van der Waals surface area contributed by atoms with E-state index in [1.807, 2.05) is 11.0 Å². The molecule has 5 N–H and O–H groups in total. The summed E-state index contributed by atoms with van der Waals surface area (Å²) in [5, 5.41) is 27.5. The third-order valence-corrected chi connectivity index (χ3v) is 5.20. The number of hydrogen-bond donors (Lipinski definition) is 4. The van der Waals surface area contributed by atoms with E-state index in [4.69, 9.17) is 16.2 Å². The molecule has 0 saturated carbocycles. The van der Waals surface area contributed by atoms with E-state index in [1.54, 1.807) is 30.5 Å².